The minimum atomic E-state index is 0. The number of benzene rings is 1. The van der Waals surface area contributed by atoms with Gasteiger partial charge in [-0.25, -0.2) is 0 Å². The molecule has 1 saturated heterocycles. The summed E-state index contributed by atoms with van der Waals surface area (Å²) >= 11 is 5.97. The normalized spacial score (nSPS) is 16.1. The smallest absolute Gasteiger partial charge is 0.193 e. The van der Waals surface area contributed by atoms with Crippen molar-refractivity contribution in [3.05, 3.63) is 34.9 Å². The highest BCUT2D eigenvalue weighted by Gasteiger charge is 2.12. The topological polar surface area (TPSA) is 34.1 Å². The molecular weight excluding hydrogens is 473 g/mol. The highest BCUT2D eigenvalue weighted by molar-refractivity contribution is 14.0. The molecule has 1 aromatic rings. The Morgan fingerprint density at radius 2 is 1.81 bits per heavy atom. The summed E-state index contributed by atoms with van der Waals surface area (Å²) in [6, 6.07) is 8.01. The number of guanidine groups is 1. The second kappa shape index (κ2) is 13.6. The van der Waals surface area contributed by atoms with Gasteiger partial charge in [0.25, 0.3) is 0 Å². The number of hydrogen-bond donors (Lipinski definition) is 1. The van der Waals surface area contributed by atoms with E-state index in [1.165, 1.54) is 44.7 Å². The van der Waals surface area contributed by atoms with Crippen LogP contribution in [-0.4, -0.2) is 80.6 Å². The van der Waals surface area contributed by atoms with E-state index in [0.29, 0.717) is 0 Å². The van der Waals surface area contributed by atoms with Crippen molar-refractivity contribution in [2.24, 2.45) is 4.99 Å². The quantitative estimate of drug-likeness (QED) is 0.253. The molecule has 1 aliphatic heterocycles. The number of hydrogen-bond acceptors (Lipinski definition) is 3. The van der Waals surface area contributed by atoms with E-state index in [0.717, 1.165) is 37.0 Å². The van der Waals surface area contributed by atoms with E-state index in [2.05, 4.69) is 53.2 Å². The van der Waals surface area contributed by atoms with Gasteiger partial charge in [0.1, 0.15) is 0 Å². The molecule has 0 bridgehead atoms. The summed E-state index contributed by atoms with van der Waals surface area (Å²) in [5.74, 6) is 0.974. The third-order valence-electron chi connectivity index (χ3n) is 4.77. The molecule has 1 aliphatic rings. The minimum Gasteiger partial charge on any atom is -0.357 e. The van der Waals surface area contributed by atoms with Gasteiger partial charge < -0.3 is 20.0 Å². The Balaban J connectivity index is 0.00000364. The molecule has 1 fully saturated rings. The molecule has 0 unspecified atom stereocenters. The van der Waals surface area contributed by atoms with E-state index in [4.69, 9.17) is 16.6 Å². The number of aliphatic imine (C=N–C) groups is 1. The van der Waals surface area contributed by atoms with Gasteiger partial charge in [0, 0.05) is 57.9 Å². The summed E-state index contributed by atoms with van der Waals surface area (Å²) in [4.78, 5) is 11.9. The van der Waals surface area contributed by atoms with Gasteiger partial charge in [-0.15, -0.1) is 24.0 Å². The zero-order valence-electron chi connectivity index (χ0n) is 17.0. The SMILES string of the molecule is CCNC(=NCCCCN1CCN(C)CC1)N(C)Cc1ccc(Cl)cc1.I. The van der Waals surface area contributed by atoms with E-state index < -0.39 is 0 Å². The first-order chi connectivity index (χ1) is 12.6. The van der Waals surface area contributed by atoms with Crippen molar-refractivity contribution in [1.82, 2.24) is 20.0 Å². The number of halogens is 2. The Hall–Kier alpha value is -0.570. The van der Waals surface area contributed by atoms with Crippen LogP contribution in [0.25, 0.3) is 0 Å². The average Bonchev–Trinajstić information content (AvgIpc) is 2.64. The second-order valence-electron chi connectivity index (χ2n) is 7.07. The van der Waals surface area contributed by atoms with Crippen LogP contribution in [0, 0.1) is 0 Å². The number of likely N-dealkylation sites (N-methyl/N-ethyl adjacent to an activating group) is 1. The van der Waals surface area contributed by atoms with Crippen LogP contribution in [0.1, 0.15) is 25.3 Å². The lowest BCUT2D eigenvalue weighted by atomic mass is 10.2. The van der Waals surface area contributed by atoms with Gasteiger partial charge in [0.2, 0.25) is 0 Å². The Kier molecular flexibility index (Phi) is 12.3. The van der Waals surface area contributed by atoms with Gasteiger partial charge >= 0.3 is 0 Å². The number of piperazine rings is 1. The lowest BCUT2D eigenvalue weighted by Gasteiger charge is -2.32. The van der Waals surface area contributed by atoms with Gasteiger partial charge in [-0.2, -0.15) is 0 Å². The lowest BCUT2D eigenvalue weighted by Crippen LogP contribution is -2.44. The van der Waals surface area contributed by atoms with E-state index >= 15 is 0 Å². The molecule has 154 valence electrons. The van der Waals surface area contributed by atoms with E-state index in [1.54, 1.807) is 0 Å². The Bertz CT molecular complexity index is 544. The summed E-state index contributed by atoms with van der Waals surface area (Å²) in [5.41, 5.74) is 1.23. The summed E-state index contributed by atoms with van der Waals surface area (Å²) in [6.07, 6.45) is 2.35. The molecule has 0 saturated carbocycles. The third kappa shape index (κ3) is 9.45. The van der Waals surface area contributed by atoms with Gasteiger partial charge in [0.05, 0.1) is 0 Å². The summed E-state index contributed by atoms with van der Waals surface area (Å²) < 4.78 is 0. The molecule has 1 N–H and O–H groups in total. The summed E-state index contributed by atoms with van der Waals surface area (Å²) in [6.45, 7) is 10.7. The van der Waals surface area contributed by atoms with Crippen LogP contribution in [0.5, 0.6) is 0 Å². The molecule has 0 amide bonds. The van der Waals surface area contributed by atoms with Crippen molar-refractivity contribution in [1.29, 1.82) is 0 Å². The van der Waals surface area contributed by atoms with Gasteiger partial charge in [-0.3, -0.25) is 4.99 Å². The predicted octanol–water partition coefficient (Wildman–Crippen LogP) is 3.38. The number of nitrogens with one attached hydrogen (secondary N) is 1. The predicted molar refractivity (Wildman–Crippen MR) is 127 cm³/mol. The standard InChI is InChI=1S/C20H34ClN5.HI/c1-4-22-20(25(3)17-18-7-9-19(21)10-8-18)23-11-5-6-12-26-15-13-24(2)14-16-26;/h7-10H,4-6,11-17H2,1-3H3,(H,22,23);1H. The average molecular weight is 508 g/mol. The zero-order valence-corrected chi connectivity index (χ0v) is 20.0. The van der Waals surface area contributed by atoms with Crippen LogP contribution >= 0.6 is 35.6 Å². The van der Waals surface area contributed by atoms with Crippen LogP contribution in [0.3, 0.4) is 0 Å². The van der Waals surface area contributed by atoms with Crippen LogP contribution < -0.4 is 5.32 Å². The molecule has 0 spiro atoms. The fourth-order valence-corrected chi connectivity index (χ4v) is 3.24. The van der Waals surface area contributed by atoms with Crippen LogP contribution in [-0.2, 0) is 6.54 Å². The molecule has 7 heteroatoms. The van der Waals surface area contributed by atoms with Crippen molar-refractivity contribution in [2.45, 2.75) is 26.3 Å². The van der Waals surface area contributed by atoms with Gasteiger partial charge in [0.15, 0.2) is 5.96 Å². The monoisotopic (exact) mass is 507 g/mol. The fourth-order valence-electron chi connectivity index (χ4n) is 3.11. The van der Waals surface area contributed by atoms with E-state index in [1.807, 2.05) is 12.1 Å². The van der Waals surface area contributed by atoms with Crippen molar-refractivity contribution >= 4 is 41.5 Å². The molecule has 27 heavy (non-hydrogen) atoms. The molecule has 0 atom stereocenters. The highest BCUT2D eigenvalue weighted by Crippen LogP contribution is 2.11. The third-order valence-corrected chi connectivity index (χ3v) is 5.02. The maximum absolute atomic E-state index is 5.97. The van der Waals surface area contributed by atoms with Crippen LogP contribution in [0.4, 0.5) is 0 Å². The first-order valence-electron chi connectivity index (χ1n) is 9.73. The van der Waals surface area contributed by atoms with Gasteiger partial charge in [-0.1, -0.05) is 23.7 Å². The summed E-state index contributed by atoms with van der Waals surface area (Å²) in [5, 5.41) is 4.17. The van der Waals surface area contributed by atoms with Crippen molar-refractivity contribution in [3.63, 3.8) is 0 Å². The molecular formula is C20H35ClIN5. The molecule has 2 rings (SSSR count). The molecule has 5 nitrogen and oxygen atoms in total. The molecule has 0 radical (unpaired) electrons. The van der Waals surface area contributed by atoms with Gasteiger partial charge in [-0.05, 0) is 51.1 Å². The Morgan fingerprint density at radius 1 is 1.15 bits per heavy atom. The molecule has 0 aliphatic carbocycles. The van der Waals surface area contributed by atoms with Crippen molar-refractivity contribution < 1.29 is 0 Å². The molecule has 0 aromatic heterocycles. The minimum absolute atomic E-state index is 0. The lowest BCUT2D eigenvalue weighted by molar-refractivity contribution is 0.152. The zero-order chi connectivity index (χ0) is 18.8. The number of unbranched alkanes of at least 4 members (excludes halogenated alkanes) is 1. The number of rotatable bonds is 8. The molecule has 1 aromatic carbocycles. The van der Waals surface area contributed by atoms with Crippen LogP contribution in [0.15, 0.2) is 29.3 Å². The first-order valence-corrected chi connectivity index (χ1v) is 10.1. The fraction of sp³-hybridized carbons (Fsp3) is 0.650. The summed E-state index contributed by atoms with van der Waals surface area (Å²) in [7, 11) is 4.29. The highest BCUT2D eigenvalue weighted by atomic mass is 127. The largest absolute Gasteiger partial charge is 0.357 e. The maximum Gasteiger partial charge on any atom is 0.193 e. The second-order valence-corrected chi connectivity index (χ2v) is 7.51. The molecule has 1 heterocycles. The Labute approximate surface area is 187 Å². The van der Waals surface area contributed by atoms with Crippen molar-refractivity contribution in [3.8, 4) is 0 Å². The number of nitrogens with zero attached hydrogens (tertiary/aromatic N) is 4. The van der Waals surface area contributed by atoms with Crippen LogP contribution in [0.2, 0.25) is 5.02 Å². The first kappa shape index (κ1) is 24.5. The van der Waals surface area contributed by atoms with E-state index in [9.17, 15) is 0 Å². The Morgan fingerprint density at radius 3 is 2.44 bits per heavy atom. The van der Waals surface area contributed by atoms with Crippen molar-refractivity contribution in [2.75, 3.05) is 59.9 Å². The van der Waals surface area contributed by atoms with E-state index in [-0.39, 0.29) is 24.0 Å². The maximum atomic E-state index is 5.97.